The van der Waals surface area contributed by atoms with E-state index in [1.54, 1.807) is 27.7 Å². The Morgan fingerprint density at radius 2 is 1.67 bits per heavy atom. The summed E-state index contributed by atoms with van der Waals surface area (Å²) in [5.41, 5.74) is 3.92. The molecule has 1 atom stereocenters. The van der Waals surface area contributed by atoms with Gasteiger partial charge < -0.3 is 10.5 Å². The number of ether oxygens (including phenoxy) is 1. The number of primary amides is 1. The van der Waals surface area contributed by atoms with Gasteiger partial charge in [0.15, 0.2) is 0 Å². The average Bonchev–Trinajstić information content (AvgIpc) is 1.99. The van der Waals surface area contributed by atoms with Crippen molar-refractivity contribution < 1.29 is 14.3 Å². The quantitative estimate of drug-likeness (QED) is 0.724. The van der Waals surface area contributed by atoms with Crippen LogP contribution < -0.4 is 5.73 Å². The SMILES string of the molecule is CC[C@@](C)(CC(=O)OC(C)(C)C)C(N)=O. The Hall–Kier alpha value is -1.06. The van der Waals surface area contributed by atoms with Crippen LogP contribution in [0, 0.1) is 5.41 Å². The Bertz CT molecular complexity index is 255. The predicted molar refractivity (Wildman–Crippen MR) is 58.1 cm³/mol. The molecule has 2 N–H and O–H groups in total. The third-order valence-corrected chi connectivity index (χ3v) is 2.33. The zero-order valence-corrected chi connectivity index (χ0v) is 10.2. The van der Waals surface area contributed by atoms with Gasteiger partial charge in [0.05, 0.1) is 11.8 Å². The highest BCUT2D eigenvalue weighted by Crippen LogP contribution is 2.26. The maximum atomic E-state index is 11.5. The molecule has 88 valence electrons. The topological polar surface area (TPSA) is 69.4 Å². The fraction of sp³-hybridized carbons (Fsp3) is 0.818. The minimum atomic E-state index is -0.803. The summed E-state index contributed by atoms with van der Waals surface area (Å²) in [6.07, 6.45) is 0.567. The van der Waals surface area contributed by atoms with Crippen LogP contribution in [0.4, 0.5) is 0 Å². The maximum absolute atomic E-state index is 11.5. The number of hydrogen-bond acceptors (Lipinski definition) is 3. The summed E-state index contributed by atoms with van der Waals surface area (Å²) in [7, 11) is 0. The summed E-state index contributed by atoms with van der Waals surface area (Å²) in [4.78, 5) is 22.7. The van der Waals surface area contributed by atoms with Gasteiger partial charge in [-0.3, -0.25) is 9.59 Å². The zero-order valence-electron chi connectivity index (χ0n) is 10.2. The fourth-order valence-electron chi connectivity index (χ4n) is 1.08. The first kappa shape index (κ1) is 13.9. The molecule has 0 unspecified atom stereocenters. The number of esters is 1. The van der Waals surface area contributed by atoms with E-state index < -0.39 is 16.9 Å². The number of carbonyl (C=O) groups is 2. The second kappa shape index (κ2) is 4.64. The molecule has 0 aromatic carbocycles. The minimum Gasteiger partial charge on any atom is -0.460 e. The Morgan fingerprint density at radius 3 is 1.93 bits per heavy atom. The summed E-state index contributed by atoms with van der Waals surface area (Å²) in [6, 6.07) is 0. The maximum Gasteiger partial charge on any atom is 0.307 e. The second-order valence-electron chi connectivity index (χ2n) is 5.04. The molecule has 0 aromatic heterocycles. The van der Waals surface area contributed by atoms with E-state index in [4.69, 9.17) is 10.5 Å². The average molecular weight is 215 g/mol. The first-order valence-corrected chi connectivity index (χ1v) is 5.12. The van der Waals surface area contributed by atoms with Gasteiger partial charge in [-0.25, -0.2) is 0 Å². The largest absolute Gasteiger partial charge is 0.460 e. The van der Waals surface area contributed by atoms with Gasteiger partial charge in [-0.05, 0) is 27.2 Å². The lowest BCUT2D eigenvalue weighted by Crippen LogP contribution is -2.37. The Kier molecular flexibility index (Phi) is 4.31. The molecule has 0 aliphatic heterocycles. The van der Waals surface area contributed by atoms with Crippen LogP contribution in [0.3, 0.4) is 0 Å². The van der Waals surface area contributed by atoms with Crippen molar-refractivity contribution in [3.8, 4) is 0 Å². The molecule has 0 saturated carbocycles. The van der Waals surface area contributed by atoms with Crippen molar-refractivity contribution >= 4 is 11.9 Å². The normalized spacial score (nSPS) is 15.5. The van der Waals surface area contributed by atoms with E-state index in [9.17, 15) is 9.59 Å². The molecule has 0 radical (unpaired) electrons. The lowest BCUT2D eigenvalue weighted by atomic mass is 9.83. The highest BCUT2D eigenvalue weighted by molar-refractivity contribution is 5.85. The standard InChI is InChI=1S/C11H21NO3/c1-6-11(5,9(12)14)7-8(13)15-10(2,3)4/h6-7H2,1-5H3,(H2,12,14)/t11-/m0/s1. The van der Waals surface area contributed by atoms with Crippen LogP contribution >= 0.6 is 0 Å². The monoisotopic (exact) mass is 215 g/mol. The third-order valence-electron chi connectivity index (χ3n) is 2.33. The molecule has 0 bridgehead atoms. The number of rotatable bonds is 4. The molecule has 0 spiro atoms. The van der Waals surface area contributed by atoms with E-state index in [1.807, 2.05) is 6.92 Å². The Morgan fingerprint density at radius 1 is 1.20 bits per heavy atom. The summed E-state index contributed by atoms with van der Waals surface area (Å²) in [5.74, 6) is -0.846. The van der Waals surface area contributed by atoms with Gasteiger partial charge in [-0.1, -0.05) is 13.8 Å². The van der Waals surface area contributed by atoms with Crippen LogP contribution in [0.2, 0.25) is 0 Å². The van der Waals surface area contributed by atoms with Gasteiger partial charge >= 0.3 is 5.97 Å². The number of nitrogens with two attached hydrogens (primary N) is 1. The van der Waals surface area contributed by atoms with Gasteiger partial charge in [-0.15, -0.1) is 0 Å². The summed E-state index contributed by atoms with van der Waals surface area (Å²) in [5, 5.41) is 0. The number of carbonyl (C=O) groups excluding carboxylic acids is 2. The predicted octanol–water partition coefficient (Wildman–Crippen LogP) is 1.62. The van der Waals surface area contributed by atoms with Crippen LogP contribution in [-0.2, 0) is 14.3 Å². The molecular weight excluding hydrogens is 194 g/mol. The molecule has 15 heavy (non-hydrogen) atoms. The van der Waals surface area contributed by atoms with Crippen molar-refractivity contribution in [1.29, 1.82) is 0 Å². The van der Waals surface area contributed by atoms with Crippen molar-refractivity contribution in [2.45, 2.75) is 53.1 Å². The van der Waals surface area contributed by atoms with Gasteiger partial charge in [0.25, 0.3) is 0 Å². The highest BCUT2D eigenvalue weighted by Gasteiger charge is 2.33. The smallest absolute Gasteiger partial charge is 0.307 e. The van der Waals surface area contributed by atoms with Gasteiger partial charge in [0, 0.05) is 0 Å². The molecule has 1 amide bonds. The van der Waals surface area contributed by atoms with Crippen molar-refractivity contribution in [2.24, 2.45) is 11.1 Å². The Balaban J connectivity index is 4.45. The number of amides is 1. The van der Waals surface area contributed by atoms with E-state index in [0.29, 0.717) is 6.42 Å². The summed E-state index contributed by atoms with van der Waals surface area (Å²) < 4.78 is 5.14. The van der Waals surface area contributed by atoms with Crippen LogP contribution in [0.5, 0.6) is 0 Å². The molecule has 0 rings (SSSR count). The highest BCUT2D eigenvalue weighted by atomic mass is 16.6. The third kappa shape index (κ3) is 4.81. The van der Waals surface area contributed by atoms with Crippen molar-refractivity contribution in [1.82, 2.24) is 0 Å². The van der Waals surface area contributed by atoms with Crippen LogP contribution in [0.25, 0.3) is 0 Å². The number of hydrogen-bond donors (Lipinski definition) is 1. The molecular formula is C11H21NO3. The summed E-state index contributed by atoms with van der Waals surface area (Å²) in [6.45, 7) is 8.88. The molecule has 0 fully saturated rings. The minimum absolute atomic E-state index is 0.0378. The summed E-state index contributed by atoms with van der Waals surface area (Å²) >= 11 is 0. The molecule has 4 heteroatoms. The van der Waals surface area contributed by atoms with Gasteiger partial charge in [0.2, 0.25) is 5.91 Å². The zero-order chi connectivity index (χ0) is 12.3. The van der Waals surface area contributed by atoms with E-state index in [-0.39, 0.29) is 12.4 Å². The lowest BCUT2D eigenvalue weighted by Gasteiger charge is -2.26. The van der Waals surface area contributed by atoms with E-state index >= 15 is 0 Å². The van der Waals surface area contributed by atoms with Crippen LogP contribution in [-0.4, -0.2) is 17.5 Å². The van der Waals surface area contributed by atoms with E-state index in [1.165, 1.54) is 0 Å². The molecule has 0 aromatic rings. The van der Waals surface area contributed by atoms with Crippen molar-refractivity contribution in [3.05, 3.63) is 0 Å². The van der Waals surface area contributed by atoms with Crippen LogP contribution in [0.15, 0.2) is 0 Å². The van der Waals surface area contributed by atoms with Gasteiger partial charge in [-0.2, -0.15) is 0 Å². The molecule has 4 nitrogen and oxygen atoms in total. The van der Waals surface area contributed by atoms with E-state index in [0.717, 1.165) is 0 Å². The van der Waals surface area contributed by atoms with Gasteiger partial charge in [0.1, 0.15) is 5.60 Å². The van der Waals surface area contributed by atoms with Crippen LogP contribution in [0.1, 0.15) is 47.5 Å². The first-order chi connectivity index (χ1) is 6.60. The molecule has 0 saturated heterocycles. The van der Waals surface area contributed by atoms with Crippen molar-refractivity contribution in [3.63, 3.8) is 0 Å². The first-order valence-electron chi connectivity index (χ1n) is 5.12. The van der Waals surface area contributed by atoms with Crippen molar-refractivity contribution in [2.75, 3.05) is 0 Å². The molecule has 0 heterocycles. The molecule has 0 aliphatic carbocycles. The second-order valence-corrected chi connectivity index (χ2v) is 5.04. The lowest BCUT2D eigenvalue weighted by molar-refractivity contribution is -0.159. The molecule has 0 aliphatic rings. The fourth-order valence-corrected chi connectivity index (χ4v) is 1.08. The van der Waals surface area contributed by atoms with E-state index in [2.05, 4.69) is 0 Å². The Labute approximate surface area is 91.2 Å².